The fourth-order valence-electron chi connectivity index (χ4n) is 2.39. The normalized spacial score (nSPS) is 11.6. The molecule has 2 aromatic carbocycles. The third kappa shape index (κ3) is 6.42. The number of hydrogen-bond donors (Lipinski definition) is 2. The van der Waals surface area contributed by atoms with Crippen LogP contribution in [0.3, 0.4) is 0 Å². The van der Waals surface area contributed by atoms with Gasteiger partial charge in [0.05, 0.1) is 4.90 Å². The van der Waals surface area contributed by atoms with E-state index in [0.29, 0.717) is 30.6 Å². The number of carbonyl (C=O) groups excluding carboxylic acids is 1. The van der Waals surface area contributed by atoms with E-state index in [-0.39, 0.29) is 23.2 Å². The summed E-state index contributed by atoms with van der Waals surface area (Å²) in [7, 11) is 0.104. The highest BCUT2D eigenvalue weighted by molar-refractivity contribution is 7.89. The maximum Gasteiger partial charge on any atom is 0.251 e. The highest BCUT2D eigenvalue weighted by atomic mass is 32.2. The molecule has 0 fully saturated rings. The van der Waals surface area contributed by atoms with Crippen LogP contribution in [0.1, 0.15) is 15.9 Å². The quantitative estimate of drug-likeness (QED) is 0.679. The van der Waals surface area contributed by atoms with E-state index in [9.17, 15) is 17.6 Å². The lowest BCUT2D eigenvalue weighted by Gasteiger charge is -2.11. The molecule has 0 saturated heterocycles. The van der Waals surface area contributed by atoms with Crippen LogP contribution in [0.15, 0.2) is 53.4 Å². The van der Waals surface area contributed by atoms with Gasteiger partial charge in [-0.1, -0.05) is 18.2 Å². The van der Waals surface area contributed by atoms with Gasteiger partial charge in [0.1, 0.15) is 5.82 Å². The Bertz CT molecular complexity index is 868. The smallest absolute Gasteiger partial charge is 0.251 e. The lowest BCUT2D eigenvalue weighted by Crippen LogP contribution is -2.31. The molecule has 27 heavy (non-hydrogen) atoms. The summed E-state index contributed by atoms with van der Waals surface area (Å²) >= 11 is 0. The van der Waals surface area contributed by atoms with E-state index in [2.05, 4.69) is 10.0 Å². The van der Waals surface area contributed by atoms with Crippen LogP contribution in [0.2, 0.25) is 0 Å². The minimum Gasteiger partial charge on any atom is -0.352 e. The Morgan fingerprint density at radius 3 is 2.33 bits per heavy atom. The highest BCUT2D eigenvalue weighted by Crippen LogP contribution is 2.11. The lowest BCUT2D eigenvalue weighted by molar-refractivity contribution is 0.0954. The molecule has 146 valence electrons. The molecule has 0 aliphatic carbocycles. The van der Waals surface area contributed by atoms with Gasteiger partial charge in [0.15, 0.2) is 0 Å². The van der Waals surface area contributed by atoms with Crippen molar-refractivity contribution < 1.29 is 17.6 Å². The summed E-state index contributed by atoms with van der Waals surface area (Å²) in [4.78, 5) is 14.1. The summed E-state index contributed by atoms with van der Waals surface area (Å²) in [6.07, 6.45) is 0.376. The molecule has 0 radical (unpaired) electrons. The predicted octanol–water partition coefficient (Wildman–Crippen LogP) is 1.64. The SMILES string of the molecule is CN(C)CCNS(=O)(=O)c1ccc(C(=O)NCCc2ccccc2F)cc1. The molecule has 0 aliphatic heterocycles. The molecule has 0 bridgehead atoms. The van der Waals surface area contributed by atoms with E-state index in [0.717, 1.165) is 0 Å². The molecule has 1 amide bonds. The molecule has 0 spiro atoms. The number of nitrogens with one attached hydrogen (secondary N) is 2. The Morgan fingerprint density at radius 2 is 1.70 bits per heavy atom. The van der Waals surface area contributed by atoms with E-state index < -0.39 is 10.0 Å². The zero-order chi connectivity index (χ0) is 19.9. The molecule has 2 N–H and O–H groups in total. The Balaban J connectivity index is 1.90. The summed E-state index contributed by atoms with van der Waals surface area (Å²) in [5.74, 6) is -0.640. The van der Waals surface area contributed by atoms with Crippen molar-refractivity contribution >= 4 is 15.9 Å². The summed E-state index contributed by atoms with van der Waals surface area (Å²) in [6, 6.07) is 12.1. The molecule has 2 rings (SSSR count). The predicted molar refractivity (Wildman–Crippen MR) is 103 cm³/mol. The number of benzene rings is 2. The number of rotatable bonds is 9. The minimum atomic E-state index is -3.61. The molecule has 0 heterocycles. The molecule has 0 saturated carbocycles. The average molecular weight is 393 g/mol. The van der Waals surface area contributed by atoms with E-state index in [1.54, 1.807) is 18.2 Å². The van der Waals surface area contributed by atoms with Gasteiger partial charge in [-0.05, 0) is 56.4 Å². The number of sulfonamides is 1. The van der Waals surface area contributed by atoms with Crippen LogP contribution < -0.4 is 10.0 Å². The van der Waals surface area contributed by atoms with Crippen molar-refractivity contribution in [1.82, 2.24) is 14.9 Å². The maximum absolute atomic E-state index is 13.5. The second-order valence-electron chi connectivity index (χ2n) is 6.32. The molecule has 8 heteroatoms. The second-order valence-corrected chi connectivity index (χ2v) is 8.09. The molecule has 0 aliphatic rings. The largest absolute Gasteiger partial charge is 0.352 e. The summed E-state index contributed by atoms with van der Waals surface area (Å²) in [5, 5.41) is 2.70. The van der Waals surface area contributed by atoms with E-state index in [1.165, 1.54) is 30.3 Å². The Labute approximate surface area is 159 Å². The van der Waals surface area contributed by atoms with Crippen LogP contribution in [0, 0.1) is 5.82 Å². The third-order valence-corrected chi connectivity index (χ3v) is 5.39. The van der Waals surface area contributed by atoms with Crippen LogP contribution in [0.5, 0.6) is 0 Å². The van der Waals surface area contributed by atoms with Crippen molar-refractivity contribution in [2.75, 3.05) is 33.7 Å². The zero-order valence-electron chi connectivity index (χ0n) is 15.4. The standard InChI is InChI=1S/C19H24FN3O3S/c1-23(2)14-13-22-27(25,26)17-9-7-16(8-10-17)19(24)21-12-11-15-5-3-4-6-18(15)20/h3-10,22H,11-14H2,1-2H3,(H,21,24). The number of halogens is 1. The maximum atomic E-state index is 13.5. The number of carbonyl (C=O) groups is 1. The van der Waals surface area contributed by atoms with Gasteiger partial charge in [-0.25, -0.2) is 17.5 Å². The number of amides is 1. The van der Waals surface area contributed by atoms with E-state index >= 15 is 0 Å². The molecular formula is C19H24FN3O3S. The lowest BCUT2D eigenvalue weighted by atomic mass is 10.1. The van der Waals surface area contributed by atoms with Crippen molar-refractivity contribution in [3.63, 3.8) is 0 Å². The molecule has 0 atom stereocenters. The van der Waals surface area contributed by atoms with Crippen LogP contribution >= 0.6 is 0 Å². The van der Waals surface area contributed by atoms with Crippen molar-refractivity contribution in [2.45, 2.75) is 11.3 Å². The van der Waals surface area contributed by atoms with Gasteiger partial charge in [0.2, 0.25) is 10.0 Å². The highest BCUT2D eigenvalue weighted by Gasteiger charge is 2.14. The summed E-state index contributed by atoms with van der Waals surface area (Å²) < 4.78 is 40.4. The summed E-state index contributed by atoms with van der Waals surface area (Å²) in [5.41, 5.74) is 0.874. The molecule has 2 aromatic rings. The van der Waals surface area contributed by atoms with Gasteiger partial charge in [-0.3, -0.25) is 4.79 Å². The van der Waals surface area contributed by atoms with Gasteiger partial charge >= 0.3 is 0 Å². The van der Waals surface area contributed by atoms with Gasteiger partial charge in [-0.15, -0.1) is 0 Å². The van der Waals surface area contributed by atoms with Crippen molar-refractivity contribution in [1.29, 1.82) is 0 Å². The fraction of sp³-hybridized carbons (Fsp3) is 0.316. The first kappa shape index (κ1) is 21.0. The third-order valence-electron chi connectivity index (χ3n) is 3.92. The van der Waals surface area contributed by atoms with Gasteiger partial charge in [-0.2, -0.15) is 0 Å². The molecular weight excluding hydrogens is 369 g/mol. The van der Waals surface area contributed by atoms with Crippen LogP contribution in [-0.4, -0.2) is 53.0 Å². The van der Waals surface area contributed by atoms with E-state index in [4.69, 9.17) is 0 Å². The summed E-state index contributed by atoms with van der Waals surface area (Å²) in [6.45, 7) is 1.17. The Morgan fingerprint density at radius 1 is 1.04 bits per heavy atom. The van der Waals surface area contributed by atoms with Crippen LogP contribution in [0.25, 0.3) is 0 Å². The van der Waals surface area contributed by atoms with Crippen LogP contribution in [-0.2, 0) is 16.4 Å². The van der Waals surface area contributed by atoms with Crippen molar-refractivity contribution in [3.8, 4) is 0 Å². The Hall–Kier alpha value is -2.29. The van der Waals surface area contributed by atoms with E-state index in [1.807, 2.05) is 19.0 Å². The number of likely N-dealkylation sites (N-methyl/N-ethyl adjacent to an activating group) is 1. The van der Waals surface area contributed by atoms with Gasteiger partial charge < -0.3 is 10.2 Å². The molecule has 0 unspecified atom stereocenters. The zero-order valence-corrected chi connectivity index (χ0v) is 16.2. The van der Waals surface area contributed by atoms with Crippen LogP contribution in [0.4, 0.5) is 4.39 Å². The first-order chi connectivity index (χ1) is 12.8. The first-order valence-electron chi connectivity index (χ1n) is 8.55. The topological polar surface area (TPSA) is 78.5 Å². The van der Waals surface area contributed by atoms with Gasteiger partial charge in [0.25, 0.3) is 5.91 Å². The number of hydrogen-bond acceptors (Lipinski definition) is 4. The average Bonchev–Trinajstić information content (AvgIpc) is 2.63. The second kappa shape index (κ2) is 9.59. The minimum absolute atomic E-state index is 0.101. The van der Waals surface area contributed by atoms with Crippen molar-refractivity contribution in [2.24, 2.45) is 0 Å². The number of nitrogens with zero attached hydrogens (tertiary/aromatic N) is 1. The molecule has 6 nitrogen and oxygen atoms in total. The van der Waals surface area contributed by atoms with Gasteiger partial charge in [0, 0.05) is 25.2 Å². The molecule has 0 aromatic heterocycles. The van der Waals surface area contributed by atoms with Crippen molar-refractivity contribution in [3.05, 3.63) is 65.5 Å². The monoisotopic (exact) mass is 393 g/mol. The fourth-order valence-corrected chi connectivity index (χ4v) is 3.41. The first-order valence-corrected chi connectivity index (χ1v) is 10.0. The Kier molecular flexibility index (Phi) is 7.46.